The molecule has 0 aliphatic heterocycles. The van der Waals surface area contributed by atoms with E-state index >= 15 is 0 Å². The van der Waals surface area contributed by atoms with E-state index in [9.17, 15) is 14.4 Å². The summed E-state index contributed by atoms with van der Waals surface area (Å²) in [6.07, 6.45) is 59.1. The van der Waals surface area contributed by atoms with Gasteiger partial charge in [-0.15, -0.1) is 0 Å². The molecule has 0 aliphatic carbocycles. The molecule has 0 amide bonds. The normalized spacial score (nSPS) is 12.5. The van der Waals surface area contributed by atoms with Crippen molar-refractivity contribution < 1.29 is 28.6 Å². The van der Waals surface area contributed by atoms with Crippen molar-refractivity contribution in [1.82, 2.24) is 0 Å². The van der Waals surface area contributed by atoms with Crippen LogP contribution in [0.4, 0.5) is 0 Å². The molecule has 0 N–H and O–H groups in total. The van der Waals surface area contributed by atoms with Gasteiger partial charge in [-0.25, -0.2) is 0 Å². The van der Waals surface area contributed by atoms with Gasteiger partial charge < -0.3 is 14.2 Å². The van der Waals surface area contributed by atoms with E-state index in [-0.39, 0.29) is 31.1 Å². The summed E-state index contributed by atoms with van der Waals surface area (Å²) < 4.78 is 16.8. The predicted molar refractivity (Wildman–Crippen MR) is 256 cm³/mol. The molecule has 0 heterocycles. The molecule has 0 aliphatic rings. The van der Waals surface area contributed by atoms with Crippen molar-refractivity contribution in [2.75, 3.05) is 13.2 Å². The van der Waals surface area contributed by atoms with Gasteiger partial charge in [0.15, 0.2) is 6.10 Å². The molecular weight excluding hydrogens is 745 g/mol. The van der Waals surface area contributed by atoms with Crippen molar-refractivity contribution in [1.29, 1.82) is 0 Å². The maximum atomic E-state index is 12.8. The van der Waals surface area contributed by atoms with E-state index in [0.717, 1.165) is 103 Å². The number of hydrogen-bond donors (Lipinski definition) is 0. The highest BCUT2D eigenvalue weighted by Crippen LogP contribution is 2.15. The van der Waals surface area contributed by atoms with Crippen molar-refractivity contribution >= 4 is 17.9 Å². The summed E-state index contributed by atoms with van der Waals surface area (Å²) in [6.45, 7) is 6.47. The van der Waals surface area contributed by atoms with Crippen LogP contribution in [0.25, 0.3) is 0 Å². The molecule has 1 atom stereocenters. The topological polar surface area (TPSA) is 78.9 Å². The number of unbranched alkanes of at least 4 members (excludes halogenated alkanes) is 24. The van der Waals surface area contributed by atoms with Crippen LogP contribution in [-0.4, -0.2) is 37.2 Å². The van der Waals surface area contributed by atoms with E-state index in [2.05, 4.69) is 81.5 Å². The maximum Gasteiger partial charge on any atom is 0.306 e. The largest absolute Gasteiger partial charge is 0.462 e. The lowest BCUT2D eigenvalue weighted by molar-refractivity contribution is -0.167. The molecule has 0 bridgehead atoms. The number of esters is 3. The fourth-order valence-electron chi connectivity index (χ4n) is 6.96. The minimum absolute atomic E-state index is 0.0850. The van der Waals surface area contributed by atoms with Gasteiger partial charge in [-0.3, -0.25) is 14.4 Å². The van der Waals surface area contributed by atoms with Gasteiger partial charge in [-0.05, 0) is 83.5 Å². The lowest BCUT2D eigenvalue weighted by Gasteiger charge is -2.18. The molecule has 0 spiro atoms. The third kappa shape index (κ3) is 46.2. The molecule has 6 nitrogen and oxygen atoms in total. The molecule has 0 aromatic heterocycles. The number of carbonyl (C=O) groups excluding carboxylic acids is 3. The molecule has 6 heteroatoms. The molecule has 60 heavy (non-hydrogen) atoms. The minimum atomic E-state index is -0.784. The van der Waals surface area contributed by atoms with Crippen LogP contribution in [0, 0.1) is 0 Å². The van der Waals surface area contributed by atoms with Crippen LogP contribution in [0.2, 0.25) is 0 Å². The first kappa shape index (κ1) is 57.1. The van der Waals surface area contributed by atoms with Gasteiger partial charge in [0, 0.05) is 19.3 Å². The first-order valence-electron chi connectivity index (χ1n) is 25.3. The quantitative estimate of drug-likeness (QED) is 0.0263. The van der Waals surface area contributed by atoms with Gasteiger partial charge in [-0.1, -0.05) is 204 Å². The van der Waals surface area contributed by atoms with Crippen LogP contribution in [0.5, 0.6) is 0 Å². The zero-order valence-corrected chi connectivity index (χ0v) is 39.5. The number of rotatable bonds is 45. The highest BCUT2D eigenvalue weighted by Gasteiger charge is 2.19. The zero-order valence-electron chi connectivity index (χ0n) is 39.5. The summed E-state index contributed by atoms with van der Waals surface area (Å²) in [6, 6.07) is 0. The molecule has 1 unspecified atom stereocenters. The van der Waals surface area contributed by atoms with Crippen LogP contribution in [0.15, 0.2) is 60.8 Å². The Morgan fingerprint density at radius 3 is 1.07 bits per heavy atom. The van der Waals surface area contributed by atoms with E-state index in [0.29, 0.717) is 19.3 Å². The molecule has 0 aromatic carbocycles. The van der Waals surface area contributed by atoms with Crippen molar-refractivity contribution in [2.45, 2.75) is 252 Å². The number of carbonyl (C=O) groups is 3. The standard InChI is InChI=1S/C54H94O6/c1-4-7-10-13-16-19-22-25-26-27-28-30-32-35-38-41-44-47-53(56)59-50-51(49-58-52(55)46-43-40-37-34-31-24-21-18-15-12-9-6-3)60-54(57)48-45-42-39-36-33-29-23-20-17-14-11-8-5-2/h7,10,16,18-19,21,25-26,28,30,51H,4-6,8-9,11-15,17,20,22-24,27,29,31-50H2,1-3H3/b10-7-,19-16-,21-18-,26-25-,30-28-. The summed E-state index contributed by atoms with van der Waals surface area (Å²) in [7, 11) is 0. The Kier molecular flexibility index (Phi) is 46.4. The molecule has 346 valence electrons. The summed E-state index contributed by atoms with van der Waals surface area (Å²) in [5.41, 5.74) is 0. The SMILES string of the molecule is CC/C=C\C/C=C\C/C=C\C/C=C\CCCCCCC(=O)OCC(COC(=O)CCCCCCC/C=C\CCCCC)OC(=O)CCCCCCCCCCCCCCC. The molecule has 0 radical (unpaired) electrons. The molecule has 0 rings (SSSR count). The van der Waals surface area contributed by atoms with E-state index in [1.165, 1.54) is 103 Å². The van der Waals surface area contributed by atoms with Crippen LogP contribution < -0.4 is 0 Å². The van der Waals surface area contributed by atoms with Crippen LogP contribution in [0.3, 0.4) is 0 Å². The highest BCUT2D eigenvalue weighted by atomic mass is 16.6. The van der Waals surface area contributed by atoms with Crippen LogP contribution >= 0.6 is 0 Å². The third-order valence-electron chi connectivity index (χ3n) is 10.8. The number of ether oxygens (including phenoxy) is 3. The fraction of sp³-hybridized carbons (Fsp3) is 0.759. The van der Waals surface area contributed by atoms with Crippen LogP contribution in [-0.2, 0) is 28.6 Å². The summed E-state index contributed by atoms with van der Waals surface area (Å²) in [5.74, 6) is -0.914. The fourth-order valence-corrected chi connectivity index (χ4v) is 6.96. The Morgan fingerprint density at radius 1 is 0.350 bits per heavy atom. The number of allylic oxidation sites excluding steroid dienone is 10. The van der Waals surface area contributed by atoms with Crippen molar-refractivity contribution in [3.63, 3.8) is 0 Å². The summed E-state index contributed by atoms with van der Waals surface area (Å²) in [4.78, 5) is 37.9. The lowest BCUT2D eigenvalue weighted by Crippen LogP contribution is -2.30. The first-order chi connectivity index (χ1) is 29.5. The average molecular weight is 839 g/mol. The minimum Gasteiger partial charge on any atom is -0.462 e. The Hall–Kier alpha value is -2.89. The molecule has 0 saturated heterocycles. The molecular formula is C54H94O6. The van der Waals surface area contributed by atoms with E-state index in [1.807, 2.05) is 0 Å². The zero-order chi connectivity index (χ0) is 43.7. The van der Waals surface area contributed by atoms with E-state index < -0.39 is 6.10 Å². The van der Waals surface area contributed by atoms with E-state index in [4.69, 9.17) is 14.2 Å². The van der Waals surface area contributed by atoms with Gasteiger partial charge >= 0.3 is 17.9 Å². The maximum absolute atomic E-state index is 12.8. The third-order valence-corrected chi connectivity index (χ3v) is 10.8. The smallest absolute Gasteiger partial charge is 0.306 e. The summed E-state index contributed by atoms with van der Waals surface area (Å²) >= 11 is 0. The Bertz CT molecular complexity index is 1100. The Morgan fingerprint density at radius 2 is 0.650 bits per heavy atom. The molecule has 0 saturated carbocycles. The number of hydrogen-bond acceptors (Lipinski definition) is 6. The average Bonchev–Trinajstić information content (AvgIpc) is 3.24. The molecule has 0 aromatic rings. The van der Waals surface area contributed by atoms with Gasteiger partial charge in [-0.2, -0.15) is 0 Å². The van der Waals surface area contributed by atoms with Crippen molar-refractivity contribution in [2.24, 2.45) is 0 Å². The Balaban J connectivity index is 4.41. The van der Waals surface area contributed by atoms with Crippen LogP contribution in [0.1, 0.15) is 245 Å². The highest BCUT2D eigenvalue weighted by molar-refractivity contribution is 5.71. The predicted octanol–water partition coefficient (Wildman–Crippen LogP) is 16.5. The summed E-state index contributed by atoms with van der Waals surface area (Å²) in [5, 5.41) is 0. The van der Waals surface area contributed by atoms with Gasteiger partial charge in [0.25, 0.3) is 0 Å². The van der Waals surface area contributed by atoms with Gasteiger partial charge in [0.2, 0.25) is 0 Å². The van der Waals surface area contributed by atoms with E-state index in [1.54, 1.807) is 0 Å². The second-order valence-corrected chi connectivity index (χ2v) is 16.7. The lowest BCUT2D eigenvalue weighted by atomic mass is 10.0. The first-order valence-corrected chi connectivity index (χ1v) is 25.3. The second-order valence-electron chi connectivity index (χ2n) is 16.7. The van der Waals surface area contributed by atoms with Crippen molar-refractivity contribution in [3.8, 4) is 0 Å². The Labute approximate surface area is 370 Å². The molecule has 0 fully saturated rings. The monoisotopic (exact) mass is 839 g/mol. The van der Waals surface area contributed by atoms with Gasteiger partial charge in [0.05, 0.1) is 0 Å². The van der Waals surface area contributed by atoms with Crippen molar-refractivity contribution in [3.05, 3.63) is 60.8 Å². The second kappa shape index (κ2) is 48.8. The van der Waals surface area contributed by atoms with Gasteiger partial charge in [0.1, 0.15) is 13.2 Å².